The SMILES string of the molecule is CCn1c(-c2nonc2N)nc2cnc(Oc3ccc4c(c3)n(C)c(=O)n4C)cc21. The van der Waals surface area contributed by atoms with E-state index in [4.69, 9.17) is 15.1 Å². The normalized spacial score (nSPS) is 11.6. The van der Waals surface area contributed by atoms with Gasteiger partial charge in [0, 0.05) is 32.8 Å². The quantitative estimate of drug-likeness (QED) is 0.480. The van der Waals surface area contributed by atoms with E-state index in [0.29, 0.717) is 35.2 Å². The molecule has 0 aliphatic rings. The fourth-order valence-electron chi connectivity index (χ4n) is 3.59. The van der Waals surface area contributed by atoms with Crippen LogP contribution in [0.25, 0.3) is 33.6 Å². The molecule has 0 radical (unpaired) electrons. The molecule has 11 nitrogen and oxygen atoms in total. The van der Waals surface area contributed by atoms with Gasteiger partial charge in [-0.25, -0.2) is 19.4 Å². The number of nitrogen functional groups attached to an aromatic ring is 1. The van der Waals surface area contributed by atoms with Gasteiger partial charge in [-0.15, -0.1) is 0 Å². The van der Waals surface area contributed by atoms with Crippen molar-refractivity contribution in [2.75, 3.05) is 5.73 Å². The Morgan fingerprint density at radius 3 is 2.63 bits per heavy atom. The van der Waals surface area contributed by atoms with Crippen molar-refractivity contribution in [2.24, 2.45) is 14.1 Å². The third-order valence-electron chi connectivity index (χ3n) is 5.12. The first-order chi connectivity index (χ1) is 14.5. The fraction of sp³-hybridized carbons (Fsp3) is 0.211. The van der Waals surface area contributed by atoms with Gasteiger partial charge in [0.2, 0.25) is 5.88 Å². The summed E-state index contributed by atoms with van der Waals surface area (Å²) < 4.78 is 15.8. The molecule has 0 fully saturated rings. The van der Waals surface area contributed by atoms with Crippen LogP contribution in [0, 0.1) is 0 Å². The third-order valence-corrected chi connectivity index (χ3v) is 5.12. The Morgan fingerprint density at radius 1 is 1.10 bits per heavy atom. The van der Waals surface area contributed by atoms with Gasteiger partial charge in [0.05, 0.1) is 22.7 Å². The Morgan fingerprint density at radius 2 is 1.90 bits per heavy atom. The molecule has 0 spiro atoms. The molecule has 0 aliphatic heterocycles. The van der Waals surface area contributed by atoms with Gasteiger partial charge in [-0.1, -0.05) is 0 Å². The lowest BCUT2D eigenvalue weighted by atomic mass is 10.3. The predicted molar refractivity (Wildman–Crippen MR) is 109 cm³/mol. The van der Waals surface area contributed by atoms with Crippen molar-refractivity contribution in [1.29, 1.82) is 0 Å². The maximum Gasteiger partial charge on any atom is 0.328 e. The van der Waals surface area contributed by atoms with Crippen molar-refractivity contribution in [3.8, 4) is 23.1 Å². The molecule has 0 saturated heterocycles. The van der Waals surface area contributed by atoms with Crippen LogP contribution in [0.2, 0.25) is 0 Å². The highest BCUT2D eigenvalue weighted by Gasteiger charge is 2.19. The van der Waals surface area contributed by atoms with Gasteiger partial charge >= 0.3 is 5.69 Å². The molecule has 1 aromatic carbocycles. The highest BCUT2D eigenvalue weighted by molar-refractivity contribution is 5.82. The number of rotatable bonds is 4. The maximum absolute atomic E-state index is 12.1. The van der Waals surface area contributed by atoms with Gasteiger partial charge in [-0.3, -0.25) is 9.13 Å². The molecule has 4 heterocycles. The summed E-state index contributed by atoms with van der Waals surface area (Å²) in [5.41, 5.74) is 9.20. The Labute approximate surface area is 169 Å². The lowest BCUT2D eigenvalue weighted by Crippen LogP contribution is -2.19. The summed E-state index contributed by atoms with van der Waals surface area (Å²) >= 11 is 0. The molecule has 2 N–H and O–H groups in total. The van der Waals surface area contributed by atoms with Gasteiger partial charge in [0.25, 0.3) is 0 Å². The molecule has 152 valence electrons. The second kappa shape index (κ2) is 6.44. The highest BCUT2D eigenvalue weighted by Crippen LogP contribution is 2.30. The van der Waals surface area contributed by atoms with Crippen LogP contribution in [0.15, 0.2) is 39.9 Å². The van der Waals surface area contributed by atoms with Gasteiger partial charge < -0.3 is 15.0 Å². The zero-order valence-corrected chi connectivity index (χ0v) is 16.5. The van der Waals surface area contributed by atoms with Crippen LogP contribution in [0.5, 0.6) is 11.6 Å². The summed E-state index contributed by atoms with van der Waals surface area (Å²) in [5.74, 6) is 1.69. The Kier molecular flexibility index (Phi) is 3.85. The fourth-order valence-corrected chi connectivity index (χ4v) is 3.59. The van der Waals surface area contributed by atoms with Crippen LogP contribution >= 0.6 is 0 Å². The van der Waals surface area contributed by atoms with Gasteiger partial charge in [-0.2, -0.15) is 0 Å². The van der Waals surface area contributed by atoms with E-state index >= 15 is 0 Å². The number of ether oxygens (including phenoxy) is 1. The summed E-state index contributed by atoms with van der Waals surface area (Å²) in [7, 11) is 3.46. The summed E-state index contributed by atoms with van der Waals surface area (Å²) in [6.45, 7) is 2.61. The van der Waals surface area contributed by atoms with Crippen molar-refractivity contribution in [1.82, 2.24) is 34.0 Å². The monoisotopic (exact) mass is 406 g/mol. The zero-order chi connectivity index (χ0) is 21.0. The average Bonchev–Trinajstić information content (AvgIpc) is 3.39. The first-order valence-electron chi connectivity index (χ1n) is 9.26. The average molecular weight is 406 g/mol. The third kappa shape index (κ3) is 2.55. The van der Waals surface area contributed by atoms with E-state index in [0.717, 1.165) is 16.6 Å². The van der Waals surface area contributed by atoms with E-state index < -0.39 is 0 Å². The molecule has 0 unspecified atom stereocenters. The largest absolute Gasteiger partial charge is 0.439 e. The van der Waals surface area contributed by atoms with Crippen molar-refractivity contribution in [3.63, 3.8) is 0 Å². The number of hydrogen-bond donors (Lipinski definition) is 1. The van der Waals surface area contributed by atoms with E-state index in [1.807, 2.05) is 23.6 Å². The number of pyridine rings is 1. The van der Waals surface area contributed by atoms with Crippen LogP contribution in [0.3, 0.4) is 0 Å². The van der Waals surface area contributed by atoms with Crippen molar-refractivity contribution >= 4 is 27.9 Å². The summed E-state index contributed by atoms with van der Waals surface area (Å²) in [6, 6.07) is 7.26. The topological polar surface area (TPSA) is 132 Å². The molecule has 11 heteroatoms. The number of aryl methyl sites for hydroxylation is 3. The van der Waals surface area contributed by atoms with Crippen LogP contribution < -0.4 is 16.2 Å². The number of fused-ring (bicyclic) bond motifs is 2. The van der Waals surface area contributed by atoms with E-state index in [2.05, 4.69) is 20.3 Å². The van der Waals surface area contributed by atoms with E-state index in [1.54, 1.807) is 41.6 Å². The standard InChI is InChI=1S/C19H18N8O3/c1-4-27-13-8-15(21-9-11(13)22-18(27)16-17(20)24-30-23-16)29-10-5-6-12-14(7-10)26(3)19(28)25(12)2/h5-9H,4H2,1-3H3,(H2,20,24). The van der Waals surface area contributed by atoms with Crippen LogP contribution in [-0.2, 0) is 20.6 Å². The minimum Gasteiger partial charge on any atom is -0.439 e. The number of hydrogen-bond acceptors (Lipinski definition) is 8. The van der Waals surface area contributed by atoms with E-state index in [9.17, 15) is 4.79 Å². The zero-order valence-electron chi connectivity index (χ0n) is 16.5. The maximum atomic E-state index is 12.1. The summed E-state index contributed by atoms with van der Waals surface area (Å²) in [6.07, 6.45) is 1.63. The molecular weight excluding hydrogens is 388 g/mol. The lowest BCUT2D eigenvalue weighted by molar-refractivity contribution is 0.310. The lowest BCUT2D eigenvalue weighted by Gasteiger charge is -2.07. The molecular formula is C19H18N8O3. The summed E-state index contributed by atoms with van der Waals surface area (Å²) in [4.78, 5) is 21.1. The number of benzene rings is 1. The molecule has 0 saturated carbocycles. The second-order valence-electron chi connectivity index (χ2n) is 6.84. The minimum absolute atomic E-state index is 0.0947. The van der Waals surface area contributed by atoms with Crippen molar-refractivity contribution < 1.29 is 9.37 Å². The summed E-state index contributed by atoms with van der Waals surface area (Å²) in [5, 5.41) is 7.47. The molecule has 0 atom stereocenters. The number of nitrogens with zero attached hydrogens (tertiary/aromatic N) is 7. The van der Waals surface area contributed by atoms with Gasteiger partial charge in [-0.05, 0) is 29.4 Å². The Balaban J connectivity index is 1.57. The van der Waals surface area contributed by atoms with Crippen LogP contribution in [0.1, 0.15) is 6.92 Å². The molecule has 0 amide bonds. The van der Waals surface area contributed by atoms with Crippen LogP contribution in [0.4, 0.5) is 5.82 Å². The Bertz CT molecular complexity index is 1470. The number of anilines is 1. The molecule has 0 bridgehead atoms. The predicted octanol–water partition coefficient (Wildman–Crippen LogP) is 2.07. The number of imidazole rings is 2. The smallest absolute Gasteiger partial charge is 0.328 e. The van der Waals surface area contributed by atoms with Crippen molar-refractivity contribution in [2.45, 2.75) is 13.5 Å². The molecule has 5 rings (SSSR count). The molecule has 5 aromatic rings. The van der Waals surface area contributed by atoms with Crippen molar-refractivity contribution in [3.05, 3.63) is 40.9 Å². The highest BCUT2D eigenvalue weighted by atomic mass is 16.6. The Hall–Kier alpha value is -4.15. The first kappa shape index (κ1) is 17.9. The molecule has 0 aliphatic carbocycles. The van der Waals surface area contributed by atoms with Gasteiger partial charge in [0.15, 0.2) is 17.3 Å². The molecule has 30 heavy (non-hydrogen) atoms. The second-order valence-corrected chi connectivity index (χ2v) is 6.84. The van der Waals surface area contributed by atoms with Crippen LogP contribution in [-0.4, -0.2) is 34.0 Å². The molecule has 4 aromatic heterocycles. The van der Waals surface area contributed by atoms with E-state index in [1.165, 1.54) is 0 Å². The number of aromatic nitrogens is 7. The number of nitrogens with two attached hydrogens (primary N) is 1. The van der Waals surface area contributed by atoms with Gasteiger partial charge in [0.1, 0.15) is 11.3 Å². The minimum atomic E-state index is -0.0947. The first-order valence-corrected chi connectivity index (χ1v) is 9.26. The van der Waals surface area contributed by atoms with E-state index in [-0.39, 0.29) is 11.5 Å².